The number of hydrogen-bond donors (Lipinski definition) is 2. The monoisotopic (exact) mass is 251 g/mol. The van der Waals surface area contributed by atoms with Crippen molar-refractivity contribution in [1.82, 2.24) is 10.3 Å². The second-order valence-electron chi connectivity index (χ2n) is 4.74. The van der Waals surface area contributed by atoms with Crippen LogP contribution in [0.3, 0.4) is 0 Å². The van der Waals surface area contributed by atoms with E-state index in [0.717, 1.165) is 50.3 Å². The number of alkyl halides is 1. The van der Waals surface area contributed by atoms with E-state index in [1.54, 1.807) is 0 Å². The van der Waals surface area contributed by atoms with Crippen LogP contribution in [0.2, 0.25) is 0 Å². The lowest BCUT2D eigenvalue weighted by Crippen LogP contribution is -2.18. The minimum Gasteiger partial charge on any atom is -0.370 e. The highest BCUT2D eigenvalue weighted by molar-refractivity contribution is 5.46. The van der Waals surface area contributed by atoms with Crippen LogP contribution in [0.25, 0.3) is 0 Å². The van der Waals surface area contributed by atoms with Crippen molar-refractivity contribution >= 4 is 5.82 Å². The molecule has 0 aromatic carbocycles. The minimum atomic E-state index is -0.280. The van der Waals surface area contributed by atoms with Gasteiger partial charge < -0.3 is 10.6 Å². The second kappa shape index (κ2) is 7.31. The van der Waals surface area contributed by atoms with Gasteiger partial charge >= 0.3 is 0 Å². The molecule has 1 aromatic rings. The Kier molecular flexibility index (Phi) is 5.39. The summed E-state index contributed by atoms with van der Waals surface area (Å²) in [5, 5.41) is 6.42. The average molecular weight is 251 g/mol. The van der Waals surface area contributed by atoms with Gasteiger partial charge in [-0.15, -0.1) is 0 Å². The van der Waals surface area contributed by atoms with Gasteiger partial charge in [-0.1, -0.05) is 6.07 Å². The number of nitrogens with zero attached hydrogens (tertiary/aromatic N) is 1. The molecule has 0 aliphatic carbocycles. The predicted octanol–water partition coefficient (Wildman–Crippen LogP) is 2.32. The number of pyridine rings is 1. The first-order valence-electron chi connectivity index (χ1n) is 6.89. The maximum atomic E-state index is 11.8. The Balaban J connectivity index is 1.72. The lowest BCUT2D eigenvalue weighted by atomic mass is 10.1. The summed E-state index contributed by atoms with van der Waals surface area (Å²) in [5.41, 5.74) is 2.50. The van der Waals surface area contributed by atoms with Crippen LogP contribution in [0, 0.1) is 0 Å². The Morgan fingerprint density at radius 2 is 2.22 bits per heavy atom. The minimum absolute atomic E-state index is 0.280. The second-order valence-corrected chi connectivity index (χ2v) is 4.74. The first kappa shape index (κ1) is 13.3. The van der Waals surface area contributed by atoms with E-state index in [2.05, 4.69) is 27.8 Å². The summed E-state index contributed by atoms with van der Waals surface area (Å²) >= 11 is 0. The number of aryl methyl sites for hydroxylation is 2. The fourth-order valence-corrected chi connectivity index (χ4v) is 2.26. The molecule has 4 heteroatoms. The zero-order valence-corrected chi connectivity index (χ0v) is 10.8. The van der Waals surface area contributed by atoms with Crippen LogP contribution < -0.4 is 10.6 Å². The summed E-state index contributed by atoms with van der Waals surface area (Å²) in [6.45, 7) is 2.13. The quantitative estimate of drug-likeness (QED) is 0.730. The molecule has 2 N–H and O–H groups in total. The number of hydrogen-bond acceptors (Lipinski definition) is 3. The molecule has 0 saturated heterocycles. The zero-order chi connectivity index (χ0) is 12.6. The normalized spacial score (nSPS) is 14.1. The van der Waals surface area contributed by atoms with Gasteiger partial charge in [0.2, 0.25) is 0 Å². The molecule has 0 atom stereocenters. The SMILES string of the molecule is FCCNCCCCc1ccc2c(n1)NCCC2. The van der Waals surface area contributed by atoms with Gasteiger partial charge in [-0.05, 0) is 50.3 Å². The number of nitrogens with one attached hydrogen (secondary N) is 2. The number of anilines is 1. The number of aromatic nitrogens is 1. The average Bonchev–Trinajstić information content (AvgIpc) is 2.42. The van der Waals surface area contributed by atoms with Crippen molar-refractivity contribution < 1.29 is 4.39 Å². The maximum absolute atomic E-state index is 11.8. The number of rotatable bonds is 7. The van der Waals surface area contributed by atoms with Gasteiger partial charge in [-0.2, -0.15) is 0 Å². The van der Waals surface area contributed by atoms with Gasteiger partial charge in [-0.3, -0.25) is 0 Å². The van der Waals surface area contributed by atoms with Crippen LogP contribution in [0.5, 0.6) is 0 Å². The van der Waals surface area contributed by atoms with Crippen molar-refractivity contribution in [3.63, 3.8) is 0 Å². The topological polar surface area (TPSA) is 37.0 Å². The molecule has 1 aliphatic rings. The lowest BCUT2D eigenvalue weighted by molar-refractivity contribution is 0.463. The summed E-state index contributed by atoms with van der Waals surface area (Å²) in [6, 6.07) is 4.34. The van der Waals surface area contributed by atoms with Gasteiger partial charge in [0.15, 0.2) is 0 Å². The Morgan fingerprint density at radius 1 is 1.28 bits per heavy atom. The zero-order valence-electron chi connectivity index (χ0n) is 10.8. The lowest BCUT2D eigenvalue weighted by Gasteiger charge is -2.17. The summed E-state index contributed by atoms with van der Waals surface area (Å²) in [5.74, 6) is 1.08. The van der Waals surface area contributed by atoms with Crippen LogP contribution in [-0.2, 0) is 12.8 Å². The fourth-order valence-electron chi connectivity index (χ4n) is 2.26. The van der Waals surface area contributed by atoms with Gasteiger partial charge in [0.25, 0.3) is 0 Å². The molecule has 1 aliphatic heterocycles. The van der Waals surface area contributed by atoms with Crippen LogP contribution in [0.1, 0.15) is 30.5 Å². The van der Waals surface area contributed by atoms with Crippen LogP contribution in [-0.4, -0.2) is 31.3 Å². The van der Waals surface area contributed by atoms with Crippen molar-refractivity contribution in [2.45, 2.75) is 32.1 Å². The van der Waals surface area contributed by atoms with Crippen molar-refractivity contribution in [2.75, 3.05) is 31.6 Å². The molecule has 100 valence electrons. The van der Waals surface area contributed by atoms with Crippen molar-refractivity contribution in [3.05, 3.63) is 23.4 Å². The van der Waals surface area contributed by atoms with Gasteiger partial charge in [0.1, 0.15) is 12.5 Å². The Morgan fingerprint density at radius 3 is 3.11 bits per heavy atom. The largest absolute Gasteiger partial charge is 0.370 e. The van der Waals surface area contributed by atoms with E-state index < -0.39 is 0 Å². The van der Waals surface area contributed by atoms with Crippen molar-refractivity contribution in [1.29, 1.82) is 0 Å². The highest BCUT2D eigenvalue weighted by Gasteiger charge is 2.09. The van der Waals surface area contributed by atoms with E-state index in [-0.39, 0.29) is 6.67 Å². The third kappa shape index (κ3) is 3.95. The summed E-state index contributed by atoms with van der Waals surface area (Å²) < 4.78 is 11.8. The molecule has 0 bridgehead atoms. The molecule has 0 saturated carbocycles. The standard InChI is InChI=1S/C14H22FN3/c15-8-11-16-9-2-1-5-13-7-6-12-4-3-10-17-14(12)18-13/h6-7,16H,1-5,8-11H2,(H,17,18). The van der Waals surface area contributed by atoms with Crippen molar-refractivity contribution in [2.24, 2.45) is 0 Å². The van der Waals surface area contributed by atoms with E-state index in [1.807, 2.05) is 0 Å². The van der Waals surface area contributed by atoms with Crippen LogP contribution in [0.4, 0.5) is 10.2 Å². The van der Waals surface area contributed by atoms with E-state index >= 15 is 0 Å². The van der Waals surface area contributed by atoms with Crippen LogP contribution >= 0.6 is 0 Å². The number of unbranched alkanes of at least 4 members (excludes halogenated alkanes) is 1. The van der Waals surface area contributed by atoms with Crippen molar-refractivity contribution in [3.8, 4) is 0 Å². The molecule has 1 aromatic heterocycles. The first-order chi connectivity index (χ1) is 8.90. The number of fused-ring (bicyclic) bond motifs is 1. The molecule has 0 spiro atoms. The molecule has 0 radical (unpaired) electrons. The predicted molar refractivity (Wildman–Crippen MR) is 72.8 cm³/mol. The highest BCUT2D eigenvalue weighted by atomic mass is 19.1. The first-order valence-corrected chi connectivity index (χ1v) is 6.89. The fraction of sp³-hybridized carbons (Fsp3) is 0.643. The summed E-state index contributed by atoms with van der Waals surface area (Å²) in [7, 11) is 0. The molecule has 0 unspecified atom stereocenters. The highest BCUT2D eigenvalue weighted by Crippen LogP contribution is 2.20. The molecule has 3 nitrogen and oxygen atoms in total. The smallest absolute Gasteiger partial charge is 0.129 e. The molecule has 0 fully saturated rings. The molecule has 18 heavy (non-hydrogen) atoms. The van der Waals surface area contributed by atoms with E-state index in [4.69, 9.17) is 0 Å². The third-order valence-corrected chi connectivity index (χ3v) is 3.26. The van der Waals surface area contributed by atoms with Gasteiger partial charge in [0, 0.05) is 18.8 Å². The molecular formula is C14H22FN3. The summed E-state index contributed by atoms with van der Waals surface area (Å²) in [6.07, 6.45) is 5.53. The molecule has 0 amide bonds. The number of halogens is 1. The molecule has 2 heterocycles. The van der Waals surface area contributed by atoms with Crippen LogP contribution in [0.15, 0.2) is 12.1 Å². The molecule has 2 rings (SSSR count). The Labute approximate surface area is 108 Å². The third-order valence-electron chi connectivity index (χ3n) is 3.26. The summed E-state index contributed by atoms with van der Waals surface area (Å²) in [4.78, 5) is 4.66. The van der Waals surface area contributed by atoms with E-state index in [1.165, 1.54) is 12.0 Å². The van der Waals surface area contributed by atoms with Gasteiger partial charge in [0.05, 0.1) is 0 Å². The van der Waals surface area contributed by atoms with E-state index in [9.17, 15) is 4.39 Å². The Bertz CT molecular complexity index is 368. The maximum Gasteiger partial charge on any atom is 0.129 e. The molecular weight excluding hydrogens is 229 g/mol. The van der Waals surface area contributed by atoms with E-state index in [0.29, 0.717) is 6.54 Å². The van der Waals surface area contributed by atoms with Gasteiger partial charge in [-0.25, -0.2) is 9.37 Å². The Hall–Kier alpha value is -1.16.